The van der Waals surface area contributed by atoms with E-state index in [0.29, 0.717) is 18.2 Å². The molecule has 0 aromatic carbocycles. The second-order valence-electron chi connectivity index (χ2n) is 4.42. The summed E-state index contributed by atoms with van der Waals surface area (Å²) in [4.78, 5) is 22.1. The van der Waals surface area contributed by atoms with Crippen LogP contribution in [0.15, 0.2) is 29.9 Å². The van der Waals surface area contributed by atoms with Crippen LogP contribution in [0.3, 0.4) is 0 Å². The van der Waals surface area contributed by atoms with Crippen LogP contribution < -0.4 is 5.32 Å². The van der Waals surface area contributed by atoms with Gasteiger partial charge in [0, 0.05) is 36.4 Å². The van der Waals surface area contributed by atoms with Crippen LogP contribution >= 0.6 is 11.3 Å². The number of rotatable bonds is 6. The number of hydrogen-bond acceptors (Lipinski definition) is 5. The first-order chi connectivity index (χ1) is 10.2. The fraction of sp³-hybridized carbons (Fsp3) is 0.357. The van der Waals surface area contributed by atoms with Gasteiger partial charge in [-0.15, -0.1) is 11.3 Å². The molecule has 0 spiro atoms. The molecule has 7 heteroatoms. The van der Waals surface area contributed by atoms with Gasteiger partial charge in [-0.1, -0.05) is 6.92 Å². The smallest absolute Gasteiger partial charge is 0.323 e. The number of nitrogens with zero attached hydrogens (tertiary/aromatic N) is 3. The van der Waals surface area contributed by atoms with E-state index in [4.69, 9.17) is 5.11 Å². The van der Waals surface area contributed by atoms with Gasteiger partial charge in [0.05, 0.1) is 12.3 Å². The number of carbonyl (C=O) groups excluding carboxylic acids is 1. The highest BCUT2D eigenvalue weighted by atomic mass is 32.1. The minimum atomic E-state index is -0.238. The van der Waals surface area contributed by atoms with E-state index in [1.54, 1.807) is 17.3 Å². The molecule has 2 rings (SSSR count). The first-order valence-corrected chi connectivity index (χ1v) is 7.65. The number of aromatic nitrogens is 2. The molecule has 0 bridgehead atoms. The van der Waals surface area contributed by atoms with Gasteiger partial charge in [0.25, 0.3) is 0 Å². The van der Waals surface area contributed by atoms with Crippen molar-refractivity contribution >= 4 is 22.5 Å². The number of aliphatic hydroxyl groups excluding tert-OH is 1. The highest BCUT2D eigenvalue weighted by Gasteiger charge is 2.14. The Morgan fingerprint density at radius 2 is 2.33 bits per heavy atom. The molecule has 2 aromatic heterocycles. The van der Waals surface area contributed by atoms with Gasteiger partial charge < -0.3 is 10.0 Å². The normalized spacial score (nSPS) is 10.4. The van der Waals surface area contributed by atoms with Crippen molar-refractivity contribution in [1.82, 2.24) is 14.9 Å². The molecule has 0 unspecified atom stereocenters. The lowest BCUT2D eigenvalue weighted by Gasteiger charge is -2.20. The molecule has 0 aliphatic heterocycles. The third-order valence-corrected chi connectivity index (χ3v) is 3.58. The Labute approximate surface area is 127 Å². The van der Waals surface area contributed by atoms with Crippen LogP contribution in [0, 0.1) is 0 Å². The lowest BCUT2D eigenvalue weighted by atomic mass is 10.2. The Morgan fingerprint density at radius 1 is 1.48 bits per heavy atom. The number of pyridine rings is 1. The molecule has 0 aliphatic carbocycles. The van der Waals surface area contributed by atoms with E-state index >= 15 is 0 Å². The van der Waals surface area contributed by atoms with E-state index in [2.05, 4.69) is 15.3 Å². The summed E-state index contributed by atoms with van der Waals surface area (Å²) in [6.45, 7) is 2.86. The highest BCUT2D eigenvalue weighted by Crippen LogP contribution is 2.24. The summed E-state index contributed by atoms with van der Waals surface area (Å²) in [5.74, 6) is 0. The molecule has 0 radical (unpaired) electrons. The summed E-state index contributed by atoms with van der Waals surface area (Å²) in [5, 5.41) is 14.2. The predicted octanol–water partition coefficient (Wildman–Crippen LogP) is 2.44. The van der Waals surface area contributed by atoms with Gasteiger partial charge in [-0.2, -0.15) is 0 Å². The van der Waals surface area contributed by atoms with E-state index in [0.717, 1.165) is 17.7 Å². The van der Waals surface area contributed by atoms with E-state index in [1.165, 1.54) is 11.3 Å². The van der Waals surface area contributed by atoms with E-state index in [9.17, 15) is 4.79 Å². The Kier molecular flexibility index (Phi) is 5.65. The minimum absolute atomic E-state index is 0.0494. The van der Waals surface area contributed by atoms with Crippen molar-refractivity contribution in [2.45, 2.75) is 13.3 Å². The summed E-state index contributed by atoms with van der Waals surface area (Å²) in [5.41, 5.74) is 1.70. The minimum Gasteiger partial charge on any atom is -0.395 e. The second-order valence-corrected chi connectivity index (χ2v) is 5.28. The van der Waals surface area contributed by atoms with Crippen LogP contribution in [0.2, 0.25) is 0 Å². The molecule has 0 atom stereocenters. The lowest BCUT2D eigenvalue weighted by molar-refractivity contribution is 0.188. The molecule has 0 fully saturated rings. The zero-order chi connectivity index (χ0) is 15.1. The predicted molar refractivity (Wildman–Crippen MR) is 83.3 cm³/mol. The average molecular weight is 306 g/mol. The van der Waals surface area contributed by atoms with Gasteiger partial charge >= 0.3 is 6.03 Å². The molecule has 0 aliphatic rings. The molecular formula is C14H18N4O2S. The van der Waals surface area contributed by atoms with Crippen LogP contribution in [-0.2, 0) is 0 Å². The SMILES string of the molecule is CCCN(CCO)C(=O)Nc1nc(-c2cccnc2)cs1. The zero-order valence-corrected chi connectivity index (χ0v) is 12.6. The maximum atomic E-state index is 12.1. The van der Waals surface area contributed by atoms with Crippen LogP contribution in [0.4, 0.5) is 9.93 Å². The quantitative estimate of drug-likeness (QED) is 0.859. The van der Waals surface area contributed by atoms with Crippen LogP contribution in [-0.4, -0.2) is 45.7 Å². The standard InChI is InChI=1S/C14H18N4O2S/c1-2-6-18(7-8-19)14(20)17-13-16-12(10-21-13)11-4-3-5-15-9-11/h3-5,9-10,19H,2,6-8H2,1H3,(H,16,17,20). The van der Waals surface area contributed by atoms with Crippen LogP contribution in [0.5, 0.6) is 0 Å². The maximum absolute atomic E-state index is 12.1. The number of nitrogens with one attached hydrogen (secondary N) is 1. The Morgan fingerprint density at radius 3 is 3.00 bits per heavy atom. The Bertz CT molecular complexity index is 567. The van der Waals surface area contributed by atoms with Crippen LogP contribution in [0.25, 0.3) is 11.3 Å². The van der Waals surface area contributed by atoms with Crippen molar-refractivity contribution in [2.75, 3.05) is 25.0 Å². The molecule has 2 N–H and O–H groups in total. The van der Waals surface area contributed by atoms with Crippen LogP contribution in [0.1, 0.15) is 13.3 Å². The zero-order valence-electron chi connectivity index (χ0n) is 11.8. The number of hydrogen-bond donors (Lipinski definition) is 2. The van der Waals surface area contributed by atoms with Crippen molar-refractivity contribution in [3.63, 3.8) is 0 Å². The lowest BCUT2D eigenvalue weighted by Crippen LogP contribution is -2.37. The third kappa shape index (κ3) is 4.24. The van der Waals surface area contributed by atoms with Gasteiger partial charge in [-0.25, -0.2) is 9.78 Å². The van der Waals surface area contributed by atoms with Gasteiger partial charge in [0.2, 0.25) is 0 Å². The summed E-state index contributed by atoms with van der Waals surface area (Å²) in [6, 6.07) is 3.53. The average Bonchev–Trinajstić information content (AvgIpc) is 2.96. The maximum Gasteiger partial charge on any atom is 0.323 e. The van der Waals surface area contributed by atoms with Crippen molar-refractivity contribution in [3.05, 3.63) is 29.9 Å². The molecule has 21 heavy (non-hydrogen) atoms. The van der Waals surface area contributed by atoms with Gasteiger partial charge in [-0.05, 0) is 18.6 Å². The van der Waals surface area contributed by atoms with Crippen molar-refractivity contribution in [1.29, 1.82) is 0 Å². The summed E-state index contributed by atoms with van der Waals surface area (Å²) < 4.78 is 0. The molecule has 0 saturated carbocycles. The van der Waals surface area contributed by atoms with Crippen molar-refractivity contribution in [3.8, 4) is 11.3 Å². The van der Waals surface area contributed by atoms with Gasteiger partial charge in [0.15, 0.2) is 5.13 Å². The number of anilines is 1. The summed E-state index contributed by atoms with van der Waals surface area (Å²) in [6.07, 6.45) is 4.28. The molecule has 2 amide bonds. The van der Waals surface area contributed by atoms with Crippen molar-refractivity contribution < 1.29 is 9.90 Å². The number of aliphatic hydroxyl groups is 1. The number of amides is 2. The molecular weight excluding hydrogens is 288 g/mol. The molecule has 2 aromatic rings. The third-order valence-electron chi connectivity index (χ3n) is 2.83. The molecule has 6 nitrogen and oxygen atoms in total. The fourth-order valence-electron chi connectivity index (χ4n) is 1.85. The number of thiazole rings is 1. The van der Waals surface area contributed by atoms with E-state index < -0.39 is 0 Å². The summed E-state index contributed by atoms with van der Waals surface area (Å²) in [7, 11) is 0. The Hall–Kier alpha value is -1.99. The van der Waals surface area contributed by atoms with Crippen molar-refractivity contribution in [2.24, 2.45) is 0 Å². The van der Waals surface area contributed by atoms with E-state index in [1.807, 2.05) is 24.4 Å². The first kappa shape index (κ1) is 15.4. The monoisotopic (exact) mass is 306 g/mol. The topological polar surface area (TPSA) is 78.4 Å². The summed E-state index contributed by atoms with van der Waals surface area (Å²) >= 11 is 1.37. The number of urea groups is 1. The fourth-order valence-corrected chi connectivity index (χ4v) is 2.56. The highest BCUT2D eigenvalue weighted by molar-refractivity contribution is 7.14. The largest absolute Gasteiger partial charge is 0.395 e. The first-order valence-electron chi connectivity index (χ1n) is 6.77. The van der Waals surface area contributed by atoms with E-state index in [-0.39, 0.29) is 12.6 Å². The molecule has 2 heterocycles. The van der Waals surface area contributed by atoms with Gasteiger partial charge in [-0.3, -0.25) is 10.3 Å². The van der Waals surface area contributed by atoms with Gasteiger partial charge in [0.1, 0.15) is 0 Å². The molecule has 112 valence electrons. The molecule has 0 saturated heterocycles. The Balaban J connectivity index is 2.03. The second kappa shape index (κ2) is 7.70. The number of carbonyl (C=O) groups is 1.